The summed E-state index contributed by atoms with van der Waals surface area (Å²) in [6.45, 7) is 1.07. The van der Waals surface area contributed by atoms with Crippen molar-refractivity contribution in [2.24, 2.45) is 5.92 Å². The van der Waals surface area contributed by atoms with E-state index in [0.717, 1.165) is 5.82 Å². The fourth-order valence-electron chi connectivity index (χ4n) is 3.76. The van der Waals surface area contributed by atoms with Crippen LogP contribution in [0.1, 0.15) is 49.9 Å². The maximum atomic E-state index is 12.2. The molecule has 3 rings (SSSR count). The molecule has 0 spiro atoms. The average Bonchev–Trinajstić information content (AvgIpc) is 3.16. The summed E-state index contributed by atoms with van der Waals surface area (Å²) in [5, 5.41) is 0. The Balaban J connectivity index is 1.79. The van der Waals surface area contributed by atoms with E-state index in [4.69, 9.17) is 4.74 Å². The van der Waals surface area contributed by atoms with E-state index < -0.39 is 10.0 Å². The maximum absolute atomic E-state index is 12.2. The van der Waals surface area contributed by atoms with Gasteiger partial charge in [0.2, 0.25) is 10.0 Å². The fourth-order valence-corrected chi connectivity index (χ4v) is 4.91. The number of hydrogen-bond acceptors (Lipinski definition) is 4. The molecule has 2 heterocycles. The molecule has 2 aliphatic rings. The Bertz CT molecular complexity index is 620. The molecule has 0 bridgehead atoms. The lowest BCUT2D eigenvalue weighted by atomic mass is 9.88. The van der Waals surface area contributed by atoms with Crippen molar-refractivity contribution in [3.63, 3.8) is 0 Å². The minimum atomic E-state index is -3.22. The van der Waals surface area contributed by atoms with Gasteiger partial charge in [-0.2, -0.15) is 0 Å². The summed E-state index contributed by atoms with van der Waals surface area (Å²) in [6.07, 6.45) is 10.1. The van der Waals surface area contributed by atoms with E-state index in [2.05, 4.69) is 9.55 Å². The van der Waals surface area contributed by atoms with Crippen molar-refractivity contribution in [1.82, 2.24) is 13.9 Å². The molecule has 1 aliphatic carbocycles. The van der Waals surface area contributed by atoms with Gasteiger partial charge in [0.05, 0.1) is 25.0 Å². The first kappa shape index (κ1) is 16.9. The van der Waals surface area contributed by atoms with Crippen LogP contribution in [0.4, 0.5) is 0 Å². The molecule has 1 aliphatic heterocycles. The number of hydrogen-bond donors (Lipinski definition) is 0. The molecule has 0 aromatic carbocycles. The van der Waals surface area contributed by atoms with Crippen LogP contribution in [0.3, 0.4) is 0 Å². The van der Waals surface area contributed by atoms with Crippen LogP contribution in [-0.4, -0.2) is 55.3 Å². The van der Waals surface area contributed by atoms with Crippen LogP contribution in [0.2, 0.25) is 0 Å². The van der Waals surface area contributed by atoms with Gasteiger partial charge in [0.15, 0.2) is 0 Å². The fraction of sp³-hybridized carbons (Fsp3) is 0.812. The van der Waals surface area contributed by atoms with Gasteiger partial charge in [-0.15, -0.1) is 0 Å². The van der Waals surface area contributed by atoms with E-state index in [1.54, 1.807) is 14.1 Å². The number of sulfonamides is 1. The van der Waals surface area contributed by atoms with E-state index in [1.807, 2.05) is 12.4 Å². The summed E-state index contributed by atoms with van der Waals surface area (Å²) in [5.41, 5.74) is 0. The van der Waals surface area contributed by atoms with Crippen molar-refractivity contribution in [2.45, 2.75) is 44.1 Å². The van der Waals surface area contributed by atoms with E-state index in [0.29, 0.717) is 19.1 Å². The van der Waals surface area contributed by atoms with Crippen molar-refractivity contribution in [2.75, 3.05) is 33.1 Å². The molecule has 2 atom stereocenters. The molecular formula is C16H27N3O3S. The Morgan fingerprint density at radius 2 is 2.00 bits per heavy atom. The van der Waals surface area contributed by atoms with E-state index >= 15 is 0 Å². The van der Waals surface area contributed by atoms with Crippen molar-refractivity contribution >= 4 is 10.0 Å². The van der Waals surface area contributed by atoms with E-state index in [-0.39, 0.29) is 17.7 Å². The number of nitrogens with zero attached hydrogens (tertiary/aromatic N) is 3. The molecular weight excluding hydrogens is 314 g/mol. The quantitative estimate of drug-likeness (QED) is 0.822. The summed E-state index contributed by atoms with van der Waals surface area (Å²) >= 11 is 0. The van der Waals surface area contributed by atoms with Gasteiger partial charge >= 0.3 is 0 Å². The normalized spacial score (nSPS) is 26.9. The summed E-state index contributed by atoms with van der Waals surface area (Å²) in [5.74, 6) is 1.74. The van der Waals surface area contributed by atoms with Crippen molar-refractivity contribution in [1.29, 1.82) is 0 Å². The van der Waals surface area contributed by atoms with Gasteiger partial charge in [0, 0.05) is 38.3 Å². The highest BCUT2D eigenvalue weighted by Gasteiger charge is 2.36. The maximum Gasteiger partial charge on any atom is 0.214 e. The van der Waals surface area contributed by atoms with E-state index in [9.17, 15) is 8.42 Å². The zero-order valence-electron chi connectivity index (χ0n) is 14.0. The van der Waals surface area contributed by atoms with Crippen LogP contribution in [0.15, 0.2) is 12.4 Å². The van der Waals surface area contributed by atoms with Crippen molar-refractivity contribution in [3.8, 4) is 0 Å². The molecule has 1 saturated heterocycles. The molecule has 130 valence electrons. The van der Waals surface area contributed by atoms with Crippen LogP contribution < -0.4 is 0 Å². The Kier molecular flexibility index (Phi) is 5.08. The average molecular weight is 341 g/mol. The minimum absolute atomic E-state index is 0.0149. The summed E-state index contributed by atoms with van der Waals surface area (Å²) in [7, 11) is -0.0475. The lowest BCUT2D eigenvalue weighted by Crippen LogP contribution is -2.33. The lowest BCUT2D eigenvalue weighted by molar-refractivity contribution is 0.181. The second-order valence-corrected chi connectivity index (χ2v) is 9.18. The van der Waals surface area contributed by atoms with Gasteiger partial charge in [0.1, 0.15) is 5.82 Å². The number of imidazole rings is 1. The SMILES string of the molecule is CN(C)S(=O)(=O)C[C@H]1COC[C@H]1n1ccnc1C1CCCCC1. The molecule has 7 heteroatoms. The monoisotopic (exact) mass is 341 g/mol. The Morgan fingerprint density at radius 1 is 1.26 bits per heavy atom. The third kappa shape index (κ3) is 3.61. The van der Waals surface area contributed by atoms with Gasteiger partial charge < -0.3 is 9.30 Å². The van der Waals surface area contributed by atoms with Crippen LogP contribution in [0.5, 0.6) is 0 Å². The van der Waals surface area contributed by atoms with Gasteiger partial charge in [0.25, 0.3) is 0 Å². The van der Waals surface area contributed by atoms with Gasteiger partial charge in [-0.05, 0) is 12.8 Å². The first-order valence-electron chi connectivity index (χ1n) is 8.49. The third-order valence-corrected chi connectivity index (χ3v) is 7.13. The predicted octanol–water partition coefficient (Wildman–Crippen LogP) is 2.01. The number of rotatable bonds is 5. The van der Waals surface area contributed by atoms with Crippen LogP contribution in [0.25, 0.3) is 0 Å². The van der Waals surface area contributed by atoms with Gasteiger partial charge in [-0.3, -0.25) is 0 Å². The molecule has 0 radical (unpaired) electrons. The predicted molar refractivity (Wildman–Crippen MR) is 88.9 cm³/mol. The van der Waals surface area contributed by atoms with Crippen molar-refractivity contribution in [3.05, 3.63) is 18.2 Å². The molecule has 23 heavy (non-hydrogen) atoms. The summed E-state index contributed by atoms with van der Waals surface area (Å²) < 4.78 is 33.6. The lowest BCUT2D eigenvalue weighted by Gasteiger charge is -2.27. The smallest absolute Gasteiger partial charge is 0.214 e. The van der Waals surface area contributed by atoms with Crippen LogP contribution >= 0.6 is 0 Å². The number of aromatic nitrogens is 2. The largest absolute Gasteiger partial charge is 0.379 e. The first-order chi connectivity index (χ1) is 11.0. The first-order valence-corrected chi connectivity index (χ1v) is 10.1. The Morgan fingerprint density at radius 3 is 2.70 bits per heavy atom. The standard InChI is InChI=1S/C16H27N3O3S/c1-18(2)23(20,21)12-14-10-22-11-15(14)19-9-8-17-16(19)13-6-4-3-5-7-13/h8-9,13-15H,3-7,10-12H2,1-2H3/t14-,15-/m1/s1. The minimum Gasteiger partial charge on any atom is -0.379 e. The van der Waals surface area contributed by atoms with Crippen molar-refractivity contribution < 1.29 is 13.2 Å². The van der Waals surface area contributed by atoms with E-state index in [1.165, 1.54) is 36.4 Å². The third-order valence-electron chi connectivity index (χ3n) is 5.17. The van der Waals surface area contributed by atoms with Gasteiger partial charge in [-0.25, -0.2) is 17.7 Å². The molecule has 1 aromatic heterocycles. The second-order valence-electron chi connectivity index (χ2n) is 6.95. The molecule has 2 fully saturated rings. The summed E-state index contributed by atoms with van der Waals surface area (Å²) in [6, 6.07) is 0.0733. The molecule has 1 aromatic rings. The zero-order chi connectivity index (χ0) is 16.4. The highest BCUT2D eigenvalue weighted by Crippen LogP contribution is 2.35. The second kappa shape index (κ2) is 6.91. The molecule has 1 saturated carbocycles. The molecule has 6 nitrogen and oxygen atoms in total. The van der Waals surface area contributed by atoms with Crippen LogP contribution in [-0.2, 0) is 14.8 Å². The Labute approximate surface area is 138 Å². The summed E-state index contributed by atoms with van der Waals surface area (Å²) in [4.78, 5) is 4.60. The molecule has 0 N–H and O–H groups in total. The highest BCUT2D eigenvalue weighted by molar-refractivity contribution is 7.89. The highest BCUT2D eigenvalue weighted by atomic mass is 32.2. The number of ether oxygens (including phenoxy) is 1. The Hall–Kier alpha value is -0.920. The molecule has 0 amide bonds. The van der Waals surface area contributed by atoms with Crippen LogP contribution in [0, 0.1) is 5.92 Å². The topological polar surface area (TPSA) is 64.4 Å². The van der Waals surface area contributed by atoms with Gasteiger partial charge in [-0.1, -0.05) is 19.3 Å². The molecule has 0 unspecified atom stereocenters. The zero-order valence-corrected chi connectivity index (χ0v) is 14.8.